The SMILES string of the molecule is CCCc1cc(=O)[nH]c(SCC(=O)N(C)CC(=O)Nc2c(C)cccc2C)n1. The summed E-state index contributed by atoms with van der Waals surface area (Å²) in [4.78, 5) is 44.7. The number of aromatic amines is 1. The van der Waals surface area contributed by atoms with Crippen molar-refractivity contribution in [3.05, 3.63) is 51.4 Å². The molecule has 0 atom stereocenters. The fourth-order valence-corrected chi connectivity index (χ4v) is 3.51. The number of nitrogens with one attached hydrogen (secondary N) is 2. The predicted molar refractivity (Wildman–Crippen MR) is 112 cm³/mol. The molecule has 0 bridgehead atoms. The molecule has 1 heterocycles. The topological polar surface area (TPSA) is 95.2 Å². The van der Waals surface area contributed by atoms with E-state index in [4.69, 9.17) is 0 Å². The van der Waals surface area contributed by atoms with E-state index in [1.54, 1.807) is 7.05 Å². The highest BCUT2D eigenvalue weighted by molar-refractivity contribution is 7.99. The molecule has 8 heteroatoms. The first kappa shape index (κ1) is 21.7. The number of hydrogen-bond acceptors (Lipinski definition) is 5. The summed E-state index contributed by atoms with van der Waals surface area (Å²) in [6.07, 6.45) is 1.60. The molecule has 2 aromatic rings. The summed E-state index contributed by atoms with van der Waals surface area (Å²) in [5.41, 5.74) is 3.20. The van der Waals surface area contributed by atoms with Gasteiger partial charge in [-0.3, -0.25) is 14.4 Å². The number of nitrogens with zero attached hydrogens (tertiary/aromatic N) is 2. The number of amides is 2. The molecule has 7 nitrogen and oxygen atoms in total. The highest BCUT2D eigenvalue weighted by atomic mass is 32.2. The van der Waals surface area contributed by atoms with E-state index in [1.165, 1.54) is 11.0 Å². The van der Waals surface area contributed by atoms with Crippen molar-refractivity contribution < 1.29 is 9.59 Å². The van der Waals surface area contributed by atoms with Gasteiger partial charge in [0.2, 0.25) is 11.8 Å². The Balaban J connectivity index is 1.90. The molecule has 150 valence electrons. The Labute approximate surface area is 168 Å². The normalized spacial score (nSPS) is 10.6. The van der Waals surface area contributed by atoms with Crippen molar-refractivity contribution in [2.45, 2.75) is 38.8 Å². The second-order valence-electron chi connectivity index (χ2n) is 6.65. The predicted octanol–water partition coefficient (Wildman–Crippen LogP) is 2.53. The van der Waals surface area contributed by atoms with Gasteiger partial charge in [-0.25, -0.2) is 4.98 Å². The smallest absolute Gasteiger partial charge is 0.251 e. The van der Waals surface area contributed by atoms with Gasteiger partial charge in [-0.1, -0.05) is 43.3 Å². The minimum atomic E-state index is -0.255. The van der Waals surface area contributed by atoms with Crippen molar-refractivity contribution in [2.75, 3.05) is 24.7 Å². The van der Waals surface area contributed by atoms with Crippen molar-refractivity contribution >= 4 is 29.3 Å². The molecule has 0 radical (unpaired) electrons. The molecule has 0 spiro atoms. The highest BCUT2D eigenvalue weighted by Crippen LogP contribution is 2.19. The largest absolute Gasteiger partial charge is 0.336 e. The minimum absolute atomic E-state index is 0.0486. The second kappa shape index (κ2) is 10.1. The lowest BCUT2D eigenvalue weighted by Crippen LogP contribution is -2.36. The fourth-order valence-electron chi connectivity index (χ4n) is 2.67. The van der Waals surface area contributed by atoms with Crippen LogP contribution in [0.5, 0.6) is 0 Å². The number of hydrogen-bond donors (Lipinski definition) is 2. The van der Waals surface area contributed by atoms with E-state index >= 15 is 0 Å². The number of para-hydroxylation sites is 1. The highest BCUT2D eigenvalue weighted by Gasteiger charge is 2.15. The third-order valence-corrected chi connectivity index (χ3v) is 5.02. The molecule has 0 unspecified atom stereocenters. The first-order valence-electron chi connectivity index (χ1n) is 9.13. The van der Waals surface area contributed by atoms with Crippen molar-refractivity contribution in [3.63, 3.8) is 0 Å². The Morgan fingerprint density at radius 2 is 1.93 bits per heavy atom. The molecule has 0 aliphatic carbocycles. The number of carbonyl (C=O) groups excluding carboxylic acids is 2. The van der Waals surface area contributed by atoms with Crippen LogP contribution in [0, 0.1) is 13.8 Å². The maximum absolute atomic E-state index is 12.3. The molecular formula is C20H26N4O3S. The summed E-state index contributed by atoms with van der Waals surface area (Å²) >= 11 is 1.16. The number of carbonyl (C=O) groups is 2. The van der Waals surface area contributed by atoms with E-state index in [2.05, 4.69) is 15.3 Å². The van der Waals surface area contributed by atoms with Crippen LogP contribution in [-0.2, 0) is 16.0 Å². The van der Waals surface area contributed by atoms with Gasteiger partial charge in [0.15, 0.2) is 5.16 Å². The van der Waals surface area contributed by atoms with Crippen LogP contribution < -0.4 is 10.9 Å². The van der Waals surface area contributed by atoms with Crippen molar-refractivity contribution in [2.24, 2.45) is 0 Å². The molecule has 28 heavy (non-hydrogen) atoms. The van der Waals surface area contributed by atoms with Crippen LogP contribution in [0.25, 0.3) is 0 Å². The monoisotopic (exact) mass is 402 g/mol. The van der Waals surface area contributed by atoms with Crippen LogP contribution in [-0.4, -0.2) is 46.0 Å². The third kappa shape index (κ3) is 6.23. The van der Waals surface area contributed by atoms with E-state index < -0.39 is 0 Å². The van der Waals surface area contributed by atoms with Crippen molar-refractivity contribution in [1.29, 1.82) is 0 Å². The lowest BCUT2D eigenvalue weighted by atomic mass is 10.1. The van der Waals surface area contributed by atoms with Gasteiger partial charge < -0.3 is 15.2 Å². The second-order valence-corrected chi connectivity index (χ2v) is 7.61. The van der Waals surface area contributed by atoms with Gasteiger partial charge in [0.05, 0.1) is 12.3 Å². The molecule has 0 aliphatic rings. The summed E-state index contributed by atoms with van der Waals surface area (Å²) in [5.74, 6) is -0.383. The Morgan fingerprint density at radius 1 is 1.25 bits per heavy atom. The Hall–Kier alpha value is -2.61. The first-order chi connectivity index (χ1) is 13.3. The Kier molecular flexibility index (Phi) is 7.80. The molecule has 0 saturated heterocycles. The summed E-state index contributed by atoms with van der Waals surface area (Å²) in [6.45, 7) is 5.81. The fraction of sp³-hybridized carbons (Fsp3) is 0.400. The number of thioether (sulfide) groups is 1. The zero-order valence-corrected chi connectivity index (χ0v) is 17.5. The number of aryl methyl sites for hydroxylation is 3. The zero-order chi connectivity index (χ0) is 20.7. The summed E-state index contributed by atoms with van der Waals surface area (Å²) in [5, 5.41) is 3.28. The third-order valence-electron chi connectivity index (χ3n) is 4.16. The van der Waals surface area contributed by atoms with E-state index in [-0.39, 0.29) is 29.7 Å². The van der Waals surface area contributed by atoms with Crippen molar-refractivity contribution in [3.8, 4) is 0 Å². The molecular weight excluding hydrogens is 376 g/mol. The summed E-state index contributed by atoms with van der Waals surface area (Å²) in [7, 11) is 1.58. The van der Waals surface area contributed by atoms with Crippen LogP contribution in [0.4, 0.5) is 5.69 Å². The quantitative estimate of drug-likeness (QED) is 0.523. The lowest BCUT2D eigenvalue weighted by Gasteiger charge is -2.18. The van der Waals surface area contributed by atoms with E-state index in [9.17, 15) is 14.4 Å². The Morgan fingerprint density at radius 3 is 2.57 bits per heavy atom. The summed E-state index contributed by atoms with van der Waals surface area (Å²) < 4.78 is 0. The number of H-pyrrole nitrogens is 1. The van der Waals surface area contributed by atoms with Gasteiger partial charge in [0, 0.05) is 24.5 Å². The average molecular weight is 403 g/mol. The van der Waals surface area contributed by atoms with Crippen molar-refractivity contribution in [1.82, 2.24) is 14.9 Å². The van der Waals surface area contributed by atoms with Gasteiger partial charge in [-0.2, -0.15) is 0 Å². The maximum Gasteiger partial charge on any atom is 0.251 e. The van der Waals surface area contributed by atoms with E-state index in [0.717, 1.165) is 35.0 Å². The molecule has 0 aliphatic heterocycles. The van der Waals surface area contributed by atoms with Crippen LogP contribution in [0.2, 0.25) is 0 Å². The average Bonchev–Trinajstić information content (AvgIpc) is 2.62. The van der Waals surface area contributed by atoms with Gasteiger partial charge in [0.25, 0.3) is 5.56 Å². The van der Waals surface area contributed by atoms with E-state index in [0.29, 0.717) is 17.3 Å². The number of aromatic nitrogens is 2. The molecule has 1 aromatic heterocycles. The molecule has 0 fully saturated rings. The van der Waals surface area contributed by atoms with E-state index in [1.807, 2.05) is 39.0 Å². The van der Waals surface area contributed by atoms with Gasteiger partial charge in [-0.05, 0) is 31.4 Å². The zero-order valence-electron chi connectivity index (χ0n) is 16.7. The molecule has 0 saturated carbocycles. The lowest BCUT2D eigenvalue weighted by molar-refractivity contribution is -0.131. The van der Waals surface area contributed by atoms with Crippen LogP contribution in [0.1, 0.15) is 30.2 Å². The number of likely N-dealkylation sites (N-methyl/N-ethyl adjacent to an activating group) is 1. The van der Waals surface area contributed by atoms with Gasteiger partial charge >= 0.3 is 0 Å². The van der Waals surface area contributed by atoms with Crippen LogP contribution >= 0.6 is 11.8 Å². The maximum atomic E-state index is 12.3. The van der Waals surface area contributed by atoms with Crippen LogP contribution in [0.3, 0.4) is 0 Å². The number of benzene rings is 1. The number of anilines is 1. The van der Waals surface area contributed by atoms with Gasteiger partial charge in [-0.15, -0.1) is 0 Å². The summed E-state index contributed by atoms with van der Waals surface area (Å²) in [6, 6.07) is 7.25. The van der Waals surface area contributed by atoms with Gasteiger partial charge in [0.1, 0.15) is 0 Å². The Bertz CT molecular complexity index is 890. The number of rotatable bonds is 8. The first-order valence-corrected chi connectivity index (χ1v) is 10.1. The molecule has 2 amide bonds. The molecule has 1 aromatic carbocycles. The minimum Gasteiger partial charge on any atom is -0.336 e. The molecule has 2 N–H and O–H groups in total. The van der Waals surface area contributed by atoms with Crippen LogP contribution in [0.15, 0.2) is 34.2 Å². The molecule has 2 rings (SSSR count). The standard InChI is InChI=1S/C20H26N4O3S/c1-5-7-15-10-16(25)23-20(21-15)28-12-18(27)24(4)11-17(26)22-19-13(2)8-6-9-14(19)3/h6,8-10H,5,7,11-12H2,1-4H3,(H,22,26)(H,21,23,25).